The Balaban J connectivity index is 0.00000169. The largest absolute Gasteiger partial charge is 1.00 e. The third kappa shape index (κ3) is 5.35. The Hall–Kier alpha value is -1.30. The number of hydrogen-bond acceptors (Lipinski definition) is 2. The fraction of sp³-hybridized carbons (Fsp3) is 0.333. The van der Waals surface area contributed by atoms with Crippen LogP contribution in [0.3, 0.4) is 0 Å². The van der Waals surface area contributed by atoms with Crippen molar-refractivity contribution in [3.8, 4) is 0 Å². The lowest BCUT2D eigenvalue weighted by molar-refractivity contribution is -0.671. The molecule has 140 valence electrons. The first kappa shape index (κ1) is 22.7. The van der Waals surface area contributed by atoms with Gasteiger partial charge in [-0.25, -0.2) is 9.13 Å². The van der Waals surface area contributed by atoms with Crippen LogP contribution in [0.1, 0.15) is 20.7 Å². The van der Waals surface area contributed by atoms with E-state index in [9.17, 15) is 9.59 Å². The van der Waals surface area contributed by atoms with E-state index in [1.165, 1.54) is 0 Å². The summed E-state index contributed by atoms with van der Waals surface area (Å²) < 4.78 is 3.73. The van der Waals surface area contributed by atoms with Crippen LogP contribution in [0.5, 0.6) is 0 Å². The molecule has 1 aliphatic rings. The van der Waals surface area contributed by atoms with Crippen molar-refractivity contribution in [1.82, 2.24) is 9.80 Å². The second-order valence-electron chi connectivity index (χ2n) is 6.10. The molecule has 0 unspecified atom stereocenters. The van der Waals surface area contributed by atoms with Crippen LogP contribution in [-0.4, -0.2) is 47.8 Å². The molecular formula is C18H22I2N4O2. The summed E-state index contributed by atoms with van der Waals surface area (Å²) in [6.07, 6.45) is 7.44. The maximum absolute atomic E-state index is 12.5. The Morgan fingerprint density at radius 3 is 1.42 bits per heavy atom. The molecule has 0 bridgehead atoms. The van der Waals surface area contributed by atoms with Crippen LogP contribution >= 0.6 is 0 Å². The number of rotatable bonds is 2. The maximum Gasteiger partial charge on any atom is 0.260 e. The van der Waals surface area contributed by atoms with Gasteiger partial charge in [-0.2, -0.15) is 0 Å². The summed E-state index contributed by atoms with van der Waals surface area (Å²) >= 11 is 0. The highest BCUT2D eigenvalue weighted by Crippen LogP contribution is 2.10. The summed E-state index contributed by atoms with van der Waals surface area (Å²) in [5.74, 6) is 0.0359. The van der Waals surface area contributed by atoms with E-state index in [1.807, 2.05) is 82.1 Å². The van der Waals surface area contributed by atoms with Crippen LogP contribution in [0.4, 0.5) is 0 Å². The Kier molecular flexibility index (Phi) is 8.87. The van der Waals surface area contributed by atoms with Crippen molar-refractivity contribution in [2.45, 2.75) is 0 Å². The fourth-order valence-corrected chi connectivity index (χ4v) is 2.91. The molecule has 2 aromatic heterocycles. The number of aromatic nitrogens is 2. The van der Waals surface area contributed by atoms with Gasteiger partial charge in [0.1, 0.15) is 25.2 Å². The average Bonchev–Trinajstić information content (AvgIpc) is 2.60. The molecule has 0 radical (unpaired) electrons. The topological polar surface area (TPSA) is 48.4 Å². The van der Waals surface area contributed by atoms with E-state index in [4.69, 9.17) is 0 Å². The molecule has 0 spiro atoms. The molecule has 3 heterocycles. The lowest BCUT2D eigenvalue weighted by atomic mass is 10.2. The molecular weight excluding hydrogens is 558 g/mol. The minimum atomic E-state index is 0. The second kappa shape index (κ2) is 10.1. The van der Waals surface area contributed by atoms with E-state index < -0.39 is 0 Å². The Labute approximate surface area is 187 Å². The van der Waals surface area contributed by atoms with Crippen molar-refractivity contribution in [2.24, 2.45) is 14.1 Å². The van der Waals surface area contributed by atoms with Crippen LogP contribution < -0.4 is 57.1 Å². The monoisotopic (exact) mass is 580 g/mol. The van der Waals surface area contributed by atoms with Gasteiger partial charge in [-0.1, -0.05) is 0 Å². The van der Waals surface area contributed by atoms with Crippen molar-refractivity contribution < 1.29 is 66.7 Å². The molecule has 8 heteroatoms. The molecule has 0 atom stereocenters. The minimum Gasteiger partial charge on any atom is -1.00 e. The van der Waals surface area contributed by atoms with E-state index in [0.29, 0.717) is 37.3 Å². The number of halogens is 2. The molecule has 0 N–H and O–H groups in total. The number of piperazine rings is 1. The predicted octanol–water partition coefficient (Wildman–Crippen LogP) is -6.06. The van der Waals surface area contributed by atoms with Gasteiger partial charge < -0.3 is 57.8 Å². The molecule has 0 saturated carbocycles. The van der Waals surface area contributed by atoms with Gasteiger partial charge in [-0.15, -0.1) is 0 Å². The van der Waals surface area contributed by atoms with Crippen molar-refractivity contribution in [3.05, 3.63) is 60.2 Å². The lowest BCUT2D eigenvalue weighted by Crippen LogP contribution is -3.00. The zero-order valence-electron chi connectivity index (χ0n) is 14.8. The molecule has 2 aromatic rings. The third-order valence-electron chi connectivity index (χ3n) is 4.23. The number of amides is 2. The lowest BCUT2D eigenvalue weighted by Gasteiger charge is -2.34. The molecule has 1 fully saturated rings. The van der Waals surface area contributed by atoms with Crippen LogP contribution in [0.15, 0.2) is 49.1 Å². The number of aryl methyl sites for hydroxylation is 2. The summed E-state index contributed by atoms with van der Waals surface area (Å²) in [5.41, 5.74) is 1.35. The summed E-state index contributed by atoms with van der Waals surface area (Å²) in [5, 5.41) is 0. The van der Waals surface area contributed by atoms with Crippen molar-refractivity contribution in [1.29, 1.82) is 0 Å². The summed E-state index contributed by atoms with van der Waals surface area (Å²) in [6.45, 7) is 2.23. The summed E-state index contributed by atoms with van der Waals surface area (Å²) in [4.78, 5) is 28.7. The van der Waals surface area contributed by atoms with Crippen LogP contribution in [0.2, 0.25) is 0 Å². The fourth-order valence-electron chi connectivity index (χ4n) is 2.91. The molecule has 0 aromatic carbocycles. The molecule has 1 saturated heterocycles. The maximum atomic E-state index is 12.5. The van der Waals surface area contributed by atoms with Crippen molar-refractivity contribution in [2.75, 3.05) is 26.2 Å². The average molecular weight is 580 g/mol. The van der Waals surface area contributed by atoms with Crippen LogP contribution in [-0.2, 0) is 14.1 Å². The molecule has 6 nitrogen and oxygen atoms in total. The molecule has 1 aliphatic heterocycles. The van der Waals surface area contributed by atoms with E-state index in [-0.39, 0.29) is 59.8 Å². The number of nitrogens with zero attached hydrogens (tertiary/aromatic N) is 4. The Morgan fingerprint density at radius 2 is 1.12 bits per heavy atom. The highest BCUT2D eigenvalue weighted by atomic mass is 127. The quantitative estimate of drug-likeness (QED) is 0.263. The number of pyridine rings is 2. The molecule has 0 aliphatic carbocycles. The van der Waals surface area contributed by atoms with E-state index in [1.54, 1.807) is 0 Å². The van der Waals surface area contributed by atoms with Gasteiger partial charge in [0.25, 0.3) is 11.8 Å². The highest BCUT2D eigenvalue weighted by molar-refractivity contribution is 5.95. The van der Waals surface area contributed by atoms with Crippen molar-refractivity contribution >= 4 is 11.8 Å². The SMILES string of the molecule is C[n+]1cccc(C(=O)N2CCN(C(=O)c3ccc[n+](C)c3)CC2)c1.[I-].[I-]. The van der Waals surface area contributed by atoms with Crippen LogP contribution in [0, 0.1) is 0 Å². The van der Waals surface area contributed by atoms with Crippen molar-refractivity contribution in [3.63, 3.8) is 0 Å². The second-order valence-corrected chi connectivity index (χ2v) is 6.10. The molecule has 2 amide bonds. The number of carbonyl (C=O) groups is 2. The predicted molar refractivity (Wildman–Crippen MR) is 87.0 cm³/mol. The van der Waals surface area contributed by atoms with Crippen LogP contribution in [0.25, 0.3) is 0 Å². The summed E-state index contributed by atoms with van der Waals surface area (Å²) in [7, 11) is 3.79. The molecule has 26 heavy (non-hydrogen) atoms. The van der Waals surface area contributed by atoms with Gasteiger partial charge in [0.15, 0.2) is 24.8 Å². The minimum absolute atomic E-state index is 0. The van der Waals surface area contributed by atoms with E-state index >= 15 is 0 Å². The number of hydrogen-bond donors (Lipinski definition) is 0. The highest BCUT2D eigenvalue weighted by Gasteiger charge is 2.27. The zero-order valence-corrected chi connectivity index (χ0v) is 19.1. The first-order valence-electron chi connectivity index (χ1n) is 8.04. The van der Waals surface area contributed by atoms with Gasteiger partial charge in [-0.05, 0) is 12.1 Å². The third-order valence-corrected chi connectivity index (χ3v) is 4.23. The normalized spacial score (nSPS) is 13.5. The summed E-state index contributed by atoms with van der Waals surface area (Å²) in [6, 6.07) is 7.37. The van der Waals surface area contributed by atoms with E-state index in [0.717, 1.165) is 0 Å². The Morgan fingerprint density at radius 1 is 0.769 bits per heavy atom. The first-order valence-corrected chi connectivity index (χ1v) is 8.04. The van der Waals surface area contributed by atoms with Gasteiger partial charge in [0.2, 0.25) is 0 Å². The Bertz CT molecular complexity index is 712. The van der Waals surface area contributed by atoms with Gasteiger partial charge >= 0.3 is 0 Å². The van der Waals surface area contributed by atoms with Gasteiger partial charge in [0, 0.05) is 38.3 Å². The zero-order chi connectivity index (χ0) is 17.1. The standard InChI is InChI=1S/C18H22N4O2.2HI/c1-19-7-3-5-15(13-19)17(23)21-9-11-22(12-10-21)18(24)16-6-4-8-20(2)14-16;;/h3-8,13-14H,9-12H2,1-2H3;2*1H/q+2;;/p-2. The first-order chi connectivity index (χ1) is 11.5. The van der Waals surface area contributed by atoms with Gasteiger partial charge in [0.05, 0.1) is 0 Å². The number of carbonyl (C=O) groups excluding carboxylic acids is 2. The van der Waals surface area contributed by atoms with E-state index in [2.05, 4.69) is 0 Å². The molecule has 3 rings (SSSR count). The smallest absolute Gasteiger partial charge is 0.260 e. The van der Waals surface area contributed by atoms with Gasteiger partial charge in [-0.3, -0.25) is 9.59 Å².